The summed E-state index contributed by atoms with van der Waals surface area (Å²) in [5.41, 5.74) is 3.53. The number of nitrogens with zero attached hydrogens (tertiary/aromatic N) is 1. The van der Waals surface area contributed by atoms with E-state index in [2.05, 4.69) is 15.6 Å². The number of aromatic nitrogens is 1. The molecule has 0 atom stereocenters. The van der Waals surface area contributed by atoms with Crippen LogP contribution >= 0.6 is 0 Å². The zero-order valence-corrected chi connectivity index (χ0v) is 15.4. The van der Waals surface area contributed by atoms with Crippen molar-refractivity contribution in [3.05, 3.63) is 72.1 Å². The maximum Gasteiger partial charge on any atom is 0.274 e. The predicted octanol–water partition coefficient (Wildman–Crippen LogP) is 4.40. The summed E-state index contributed by atoms with van der Waals surface area (Å²) in [6.45, 7) is 1.95. The van der Waals surface area contributed by atoms with Gasteiger partial charge >= 0.3 is 0 Å². The maximum atomic E-state index is 12.6. The first-order valence-corrected chi connectivity index (χ1v) is 8.42. The van der Waals surface area contributed by atoms with Crippen LogP contribution in [0.25, 0.3) is 0 Å². The summed E-state index contributed by atoms with van der Waals surface area (Å²) in [5.74, 6) is 1.03. The van der Waals surface area contributed by atoms with E-state index in [1.54, 1.807) is 32.5 Å². The minimum absolute atomic E-state index is 0.298. The summed E-state index contributed by atoms with van der Waals surface area (Å²) >= 11 is 0. The van der Waals surface area contributed by atoms with Gasteiger partial charge in [-0.3, -0.25) is 9.78 Å². The van der Waals surface area contributed by atoms with Crippen LogP contribution in [0.4, 0.5) is 17.1 Å². The van der Waals surface area contributed by atoms with Crippen molar-refractivity contribution in [2.75, 3.05) is 24.9 Å². The van der Waals surface area contributed by atoms with Gasteiger partial charge in [-0.1, -0.05) is 12.1 Å². The number of hydrogen-bond acceptors (Lipinski definition) is 5. The fourth-order valence-electron chi connectivity index (χ4n) is 2.61. The van der Waals surface area contributed by atoms with Crippen molar-refractivity contribution in [3.63, 3.8) is 0 Å². The number of rotatable bonds is 6. The number of ether oxygens (including phenoxy) is 2. The normalized spacial score (nSPS) is 10.2. The Hall–Kier alpha value is -3.54. The van der Waals surface area contributed by atoms with Gasteiger partial charge in [0.2, 0.25) is 0 Å². The van der Waals surface area contributed by atoms with Gasteiger partial charge in [-0.2, -0.15) is 0 Å². The maximum absolute atomic E-state index is 12.6. The fraction of sp³-hybridized carbons (Fsp3) is 0.143. The quantitative estimate of drug-likeness (QED) is 0.679. The highest BCUT2D eigenvalue weighted by atomic mass is 16.5. The number of carbonyl (C=O) groups excluding carboxylic acids is 1. The lowest BCUT2D eigenvalue weighted by Gasteiger charge is -2.12. The zero-order valence-electron chi connectivity index (χ0n) is 15.4. The molecule has 0 aliphatic heterocycles. The number of anilines is 3. The van der Waals surface area contributed by atoms with Crippen LogP contribution in [0.5, 0.6) is 11.5 Å². The van der Waals surface area contributed by atoms with Gasteiger partial charge in [0, 0.05) is 23.6 Å². The zero-order chi connectivity index (χ0) is 19.2. The summed E-state index contributed by atoms with van der Waals surface area (Å²) in [4.78, 5) is 16.8. The molecule has 3 rings (SSSR count). The van der Waals surface area contributed by atoms with Gasteiger partial charge in [0.1, 0.15) is 17.2 Å². The van der Waals surface area contributed by atoms with E-state index in [1.165, 1.54) is 0 Å². The second-order valence-electron chi connectivity index (χ2n) is 5.94. The van der Waals surface area contributed by atoms with Crippen LogP contribution in [0, 0.1) is 6.92 Å². The summed E-state index contributed by atoms with van der Waals surface area (Å²) in [6.07, 6.45) is 1.59. The number of amides is 1. The Morgan fingerprint density at radius 2 is 1.78 bits per heavy atom. The molecule has 1 heterocycles. The average molecular weight is 363 g/mol. The van der Waals surface area contributed by atoms with Gasteiger partial charge in [-0.05, 0) is 48.9 Å². The molecule has 0 aliphatic rings. The minimum Gasteiger partial charge on any atom is -0.497 e. The Morgan fingerprint density at radius 3 is 2.56 bits per heavy atom. The predicted molar refractivity (Wildman–Crippen MR) is 106 cm³/mol. The molecule has 0 bridgehead atoms. The second kappa shape index (κ2) is 8.23. The molecule has 138 valence electrons. The van der Waals surface area contributed by atoms with E-state index in [0.29, 0.717) is 17.1 Å². The Balaban J connectivity index is 1.78. The van der Waals surface area contributed by atoms with Crippen LogP contribution < -0.4 is 20.1 Å². The fourth-order valence-corrected chi connectivity index (χ4v) is 2.61. The lowest BCUT2D eigenvalue weighted by Crippen LogP contribution is -2.14. The molecular formula is C21H21N3O3. The van der Waals surface area contributed by atoms with Crippen LogP contribution in [-0.4, -0.2) is 25.1 Å². The molecule has 0 spiro atoms. The first-order valence-electron chi connectivity index (χ1n) is 8.42. The molecule has 1 amide bonds. The van der Waals surface area contributed by atoms with Crippen LogP contribution in [0.1, 0.15) is 16.1 Å². The van der Waals surface area contributed by atoms with E-state index < -0.39 is 0 Å². The van der Waals surface area contributed by atoms with Gasteiger partial charge in [0.05, 0.1) is 19.9 Å². The Morgan fingerprint density at radius 1 is 0.963 bits per heavy atom. The molecule has 0 saturated heterocycles. The molecule has 0 aliphatic carbocycles. The van der Waals surface area contributed by atoms with Crippen molar-refractivity contribution in [2.24, 2.45) is 0 Å². The van der Waals surface area contributed by atoms with E-state index in [4.69, 9.17) is 9.47 Å². The monoisotopic (exact) mass is 363 g/mol. The van der Waals surface area contributed by atoms with Gasteiger partial charge in [0.15, 0.2) is 0 Å². The Kier molecular flexibility index (Phi) is 5.56. The minimum atomic E-state index is -0.312. The number of carbonyl (C=O) groups is 1. The number of aryl methyl sites for hydroxylation is 1. The molecule has 3 aromatic rings. The molecular weight excluding hydrogens is 342 g/mol. The molecule has 0 radical (unpaired) electrons. The van der Waals surface area contributed by atoms with Crippen molar-refractivity contribution in [3.8, 4) is 11.5 Å². The number of pyridine rings is 1. The molecule has 1 aromatic heterocycles. The lowest BCUT2D eigenvalue weighted by molar-refractivity contribution is 0.102. The van der Waals surface area contributed by atoms with E-state index in [-0.39, 0.29) is 5.91 Å². The van der Waals surface area contributed by atoms with Crippen molar-refractivity contribution in [1.29, 1.82) is 0 Å². The number of nitrogens with one attached hydrogen (secondary N) is 2. The molecule has 0 unspecified atom stereocenters. The van der Waals surface area contributed by atoms with Crippen molar-refractivity contribution in [2.45, 2.75) is 6.92 Å². The molecule has 0 fully saturated rings. The van der Waals surface area contributed by atoms with Gasteiger partial charge in [-0.25, -0.2) is 0 Å². The van der Waals surface area contributed by atoms with E-state index >= 15 is 0 Å². The van der Waals surface area contributed by atoms with Crippen molar-refractivity contribution >= 4 is 23.0 Å². The van der Waals surface area contributed by atoms with E-state index in [9.17, 15) is 4.79 Å². The highest BCUT2D eigenvalue weighted by Crippen LogP contribution is 2.26. The molecule has 6 nitrogen and oxygen atoms in total. The van der Waals surface area contributed by atoms with Crippen molar-refractivity contribution < 1.29 is 14.3 Å². The molecule has 0 saturated carbocycles. The molecule has 6 heteroatoms. The van der Waals surface area contributed by atoms with Gasteiger partial charge < -0.3 is 20.1 Å². The number of methoxy groups -OCH3 is 2. The Labute approximate surface area is 158 Å². The smallest absolute Gasteiger partial charge is 0.274 e. The summed E-state index contributed by atoms with van der Waals surface area (Å²) < 4.78 is 10.5. The van der Waals surface area contributed by atoms with Crippen molar-refractivity contribution in [1.82, 2.24) is 4.98 Å². The van der Waals surface area contributed by atoms with E-state index in [0.717, 1.165) is 22.7 Å². The third-order valence-electron chi connectivity index (χ3n) is 3.95. The highest BCUT2D eigenvalue weighted by Gasteiger charge is 2.12. The molecule has 2 N–H and O–H groups in total. The third-order valence-corrected chi connectivity index (χ3v) is 3.95. The number of benzene rings is 2. The standard InChI is InChI=1S/C21H21N3O3/c1-14-7-8-20(27-3)18(11-14)24-21(25)19-13-16(9-10-22-19)23-15-5-4-6-17(12-15)26-2/h4-13H,1-3H3,(H,22,23)(H,24,25). The highest BCUT2D eigenvalue weighted by molar-refractivity contribution is 6.04. The first-order chi connectivity index (χ1) is 13.1. The van der Waals surface area contributed by atoms with Gasteiger partial charge in [0.25, 0.3) is 5.91 Å². The summed E-state index contributed by atoms with van der Waals surface area (Å²) in [5, 5.41) is 6.10. The first kappa shape index (κ1) is 18.3. The molecule has 2 aromatic carbocycles. The van der Waals surface area contributed by atoms with Crippen LogP contribution in [0.15, 0.2) is 60.8 Å². The second-order valence-corrected chi connectivity index (χ2v) is 5.94. The van der Waals surface area contributed by atoms with Crippen LogP contribution in [-0.2, 0) is 0 Å². The van der Waals surface area contributed by atoms with E-state index in [1.807, 2.05) is 49.4 Å². The largest absolute Gasteiger partial charge is 0.497 e. The summed E-state index contributed by atoms with van der Waals surface area (Å²) in [7, 11) is 3.19. The summed E-state index contributed by atoms with van der Waals surface area (Å²) in [6, 6.07) is 16.6. The topological polar surface area (TPSA) is 72.5 Å². The van der Waals surface area contributed by atoms with Gasteiger partial charge in [-0.15, -0.1) is 0 Å². The Bertz CT molecular complexity index is 957. The SMILES string of the molecule is COc1cccc(Nc2ccnc(C(=O)Nc3cc(C)ccc3OC)c2)c1. The average Bonchev–Trinajstić information content (AvgIpc) is 2.68. The third kappa shape index (κ3) is 4.55. The molecule has 27 heavy (non-hydrogen) atoms. The lowest BCUT2D eigenvalue weighted by atomic mass is 10.2. The van der Waals surface area contributed by atoms with Crippen LogP contribution in [0.2, 0.25) is 0 Å². The number of hydrogen-bond donors (Lipinski definition) is 2. The van der Waals surface area contributed by atoms with Crippen LogP contribution in [0.3, 0.4) is 0 Å².